The maximum Gasteiger partial charge on any atom is 0.198 e. The van der Waals surface area contributed by atoms with E-state index in [1.807, 2.05) is 66.8 Å². The van der Waals surface area contributed by atoms with Crippen LogP contribution in [0.2, 0.25) is 0 Å². The number of nitrogens with zero attached hydrogens (tertiary/aromatic N) is 4. The zero-order valence-electron chi connectivity index (χ0n) is 29.3. The summed E-state index contributed by atoms with van der Waals surface area (Å²) in [6, 6.07) is 32.2. The molecule has 0 saturated heterocycles. The number of hydrogen-bond acceptors (Lipinski definition) is 8. The van der Waals surface area contributed by atoms with Crippen molar-refractivity contribution in [1.29, 1.82) is 0 Å². The maximum absolute atomic E-state index is 10.5. The first-order chi connectivity index (χ1) is 26.3. The minimum absolute atomic E-state index is 0.0408. The van der Waals surface area contributed by atoms with Gasteiger partial charge in [-0.05, 0) is 76.9 Å². The number of allylic oxidation sites excluding steroid dienone is 8. The van der Waals surface area contributed by atoms with Crippen LogP contribution in [-0.4, -0.2) is 41.5 Å². The molecule has 0 fully saturated rings. The molecule has 264 valence electrons. The van der Waals surface area contributed by atoms with E-state index in [4.69, 9.17) is 15.0 Å². The van der Waals surface area contributed by atoms with Crippen LogP contribution in [0.25, 0.3) is 45.1 Å². The van der Waals surface area contributed by atoms with Crippen LogP contribution in [0.3, 0.4) is 0 Å². The summed E-state index contributed by atoms with van der Waals surface area (Å²) in [6.45, 7) is 4.30. The van der Waals surface area contributed by atoms with Crippen molar-refractivity contribution in [3.8, 4) is 22.8 Å². The van der Waals surface area contributed by atoms with Gasteiger partial charge in [-0.3, -0.25) is 0 Å². The second-order valence-corrected chi connectivity index (χ2v) is 13.8. The minimum atomic E-state index is -1.31. The quantitative estimate of drug-likeness (QED) is 0.142. The van der Waals surface area contributed by atoms with Crippen LogP contribution in [0.5, 0.6) is 0 Å². The number of fused-ring (bicyclic) bond motifs is 4. The Balaban J connectivity index is 1.11. The molecule has 2 heterocycles. The van der Waals surface area contributed by atoms with E-state index in [-0.39, 0.29) is 6.42 Å². The lowest BCUT2D eigenvalue weighted by Crippen LogP contribution is -2.19. The van der Waals surface area contributed by atoms with Gasteiger partial charge in [0.05, 0.1) is 5.69 Å². The average molecular weight is 709 g/mol. The van der Waals surface area contributed by atoms with Gasteiger partial charge in [0.25, 0.3) is 0 Å². The molecule has 8 heteroatoms. The normalized spacial score (nSPS) is 19.1. The van der Waals surface area contributed by atoms with Gasteiger partial charge < -0.3 is 25.3 Å². The SMILES string of the molecule is C=C1/C=C\C=C/N(c2ccc3c(c2)CC2=C(c4nc(-c5ccccc5)nc(-c5ccc(C6=C(O)C(O)=C(O)C(O)C6)cc5)n4)CCC=C23)c2ccccc21. The van der Waals surface area contributed by atoms with Crippen molar-refractivity contribution in [2.75, 3.05) is 4.90 Å². The van der Waals surface area contributed by atoms with Gasteiger partial charge in [0.15, 0.2) is 34.8 Å². The molecule has 4 aromatic carbocycles. The number of rotatable bonds is 5. The summed E-state index contributed by atoms with van der Waals surface area (Å²) >= 11 is 0. The molecule has 1 unspecified atom stereocenters. The molecular formula is C46H36N4O4. The Morgan fingerprint density at radius 3 is 2.17 bits per heavy atom. The van der Waals surface area contributed by atoms with E-state index in [1.54, 1.807) is 12.1 Å². The average Bonchev–Trinajstić information content (AvgIpc) is 3.59. The molecule has 0 spiro atoms. The van der Waals surface area contributed by atoms with E-state index < -0.39 is 23.4 Å². The monoisotopic (exact) mass is 708 g/mol. The molecule has 4 aliphatic rings. The van der Waals surface area contributed by atoms with E-state index in [9.17, 15) is 20.4 Å². The second-order valence-electron chi connectivity index (χ2n) is 13.8. The highest BCUT2D eigenvalue weighted by molar-refractivity contribution is 5.96. The fourth-order valence-corrected chi connectivity index (χ4v) is 7.75. The number of para-hydroxylation sites is 1. The van der Waals surface area contributed by atoms with Crippen molar-refractivity contribution in [3.63, 3.8) is 0 Å². The number of benzene rings is 4. The number of aromatic nitrogens is 3. The van der Waals surface area contributed by atoms with Crippen LogP contribution in [0, 0.1) is 0 Å². The molecule has 0 radical (unpaired) electrons. The fraction of sp³-hybridized carbons (Fsp3) is 0.109. The molecule has 9 rings (SSSR count). The summed E-state index contributed by atoms with van der Waals surface area (Å²) in [4.78, 5) is 17.3. The van der Waals surface area contributed by atoms with Gasteiger partial charge in [-0.25, -0.2) is 15.0 Å². The molecule has 0 saturated carbocycles. The molecule has 5 aromatic rings. The highest BCUT2D eigenvalue weighted by Crippen LogP contribution is 2.47. The van der Waals surface area contributed by atoms with Gasteiger partial charge in [-0.1, -0.05) is 104 Å². The van der Waals surface area contributed by atoms with Crippen LogP contribution >= 0.6 is 0 Å². The lowest BCUT2D eigenvalue weighted by atomic mass is 9.90. The molecule has 54 heavy (non-hydrogen) atoms. The molecule has 1 atom stereocenters. The van der Waals surface area contributed by atoms with Crippen LogP contribution in [0.15, 0.2) is 157 Å². The van der Waals surface area contributed by atoms with Gasteiger partial charge in [-0.15, -0.1) is 0 Å². The third-order valence-electron chi connectivity index (χ3n) is 10.5. The van der Waals surface area contributed by atoms with Crippen molar-refractivity contribution >= 4 is 33.7 Å². The third kappa shape index (κ3) is 5.73. The molecule has 4 N–H and O–H groups in total. The Kier molecular flexibility index (Phi) is 8.17. The lowest BCUT2D eigenvalue weighted by molar-refractivity contribution is 0.134. The summed E-state index contributed by atoms with van der Waals surface area (Å²) in [5.74, 6) is -0.0881. The van der Waals surface area contributed by atoms with Crippen LogP contribution < -0.4 is 4.90 Å². The van der Waals surface area contributed by atoms with Crippen LogP contribution in [-0.2, 0) is 6.42 Å². The van der Waals surface area contributed by atoms with Gasteiger partial charge >= 0.3 is 0 Å². The molecule has 0 bridgehead atoms. The smallest absolute Gasteiger partial charge is 0.198 e. The van der Waals surface area contributed by atoms with Crippen molar-refractivity contribution < 1.29 is 20.4 Å². The number of aliphatic hydroxyl groups is 4. The summed E-state index contributed by atoms with van der Waals surface area (Å²) in [5, 5.41) is 40.8. The van der Waals surface area contributed by atoms with E-state index in [2.05, 4.69) is 60.2 Å². The molecule has 0 amide bonds. The lowest BCUT2D eigenvalue weighted by Gasteiger charge is -2.25. The summed E-state index contributed by atoms with van der Waals surface area (Å²) in [7, 11) is 0. The molecule has 1 aromatic heterocycles. The standard InChI is InChI=1S/C46H36N4O4/c1-27-10-7-8-23-50(39-16-6-5-13-33(27)39)32-21-22-34-31(24-32)25-38-35(34)14-9-15-36(38)46-48-44(29-11-3-2-4-12-29)47-45(49-46)30-19-17-28(18-20-30)37-26-40(51)42(53)43(54)41(37)52/h2-8,10-14,16-24,40,51-54H,1,9,15,25-26H2/b10-7-,23-8-. The van der Waals surface area contributed by atoms with E-state index in [0.717, 1.165) is 58.5 Å². The van der Waals surface area contributed by atoms with Gasteiger partial charge in [0, 0.05) is 46.1 Å². The fourth-order valence-electron chi connectivity index (χ4n) is 7.75. The van der Waals surface area contributed by atoms with E-state index in [0.29, 0.717) is 28.6 Å². The Morgan fingerprint density at radius 2 is 1.37 bits per heavy atom. The number of aliphatic hydroxyl groups excluding tert-OH is 4. The highest BCUT2D eigenvalue weighted by atomic mass is 16.4. The van der Waals surface area contributed by atoms with Crippen molar-refractivity contribution in [2.45, 2.75) is 31.8 Å². The van der Waals surface area contributed by atoms with Crippen molar-refractivity contribution in [3.05, 3.63) is 185 Å². The minimum Gasteiger partial charge on any atom is -0.506 e. The van der Waals surface area contributed by atoms with Gasteiger partial charge in [-0.2, -0.15) is 0 Å². The first-order valence-corrected chi connectivity index (χ1v) is 18.0. The predicted molar refractivity (Wildman–Crippen MR) is 213 cm³/mol. The van der Waals surface area contributed by atoms with Crippen LogP contribution in [0.1, 0.15) is 47.3 Å². The van der Waals surface area contributed by atoms with Crippen molar-refractivity contribution in [2.24, 2.45) is 0 Å². The number of hydrogen-bond donors (Lipinski definition) is 4. The zero-order valence-corrected chi connectivity index (χ0v) is 29.3. The first kappa shape index (κ1) is 33.1. The Bertz CT molecular complexity index is 2560. The third-order valence-corrected chi connectivity index (χ3v) is 10.5. The van der Waals surface area contributed by atoms with Crippen molar-refractivity contribution in [1.82, 2.24) is 15.0 Å². The topological polar surface area (TPSA) is 123 Å². The Hall–Kier alpha value is -6.77. The van der Waals surface area contributed by atoms with E-state index in [1.165, 1.54) is 22.3 Å². The largest absolute Gasteiger partial charge is 0.506 e. The number of anilines is 2. The zero-order chi connectivity index (χ0) is 36.9. The first-order valence-electron chi connectivity index (χ1n) is 18.0. The summed E-state index contributed by atoms with van der Waals surface area (Å²) < 4.78 is 0. The summed E-state index contributed by atoms with van der Waals surface area (Å²) in [6.07, 6.45) is 11.6. The van der Waals surface area contributed by atoms with Gasteiger partial charge in [0.1, 0.15) is 6.10 Å². The Morgan fingerprint density at radius 1 is 0.667 bits per heavy atom. The molecular weight excluding hydrogens is 673 g/mol. The molecule has 3 aliphatic carbocycles. The van der Waals surface area contributed by atoms with Crippen LogP contribution in [0.4, 0.5) is 11.4 Å². The maximum atomic E-state index is 10.5. The van der Waals surface area contributed by atoms with E-state index >= 15 is 0 Å². The second kappa shape index (κ2) is 13.3. The summed E-state index contributed by atoms with van der Waals surface area (Å²) in [5.41, 5.74) is 12.8. The molecule has 1 aliphatic heterocycles. The predicted octanol–water partition coefficient (Wildman–Crippen LogP) is 9.99. The van der Waals surface area contributed by atoms with Gasteiger partial charge in [0.2, 0.25) is 0 Å². The highest BCUT2D eigenvalue weighted by Gasteiger charge is 2.31. The Labute approximate surface area is 312 Å². The molecule has 8 nitrogen and oxygen atoms in total.